The number of aliphatic hydroxyl groups is 1. The van der Waals surface area contributed by atoms with Gasteiger partial charge in [0.25, 0.3) is 0 Å². The number of unbranched alkanes of at least 4 members (excludes halogenated alkanes) is 24. The van der Waals surface area contributed by atoms with E-state index in [0.717, 1.165) is 64.2 Å². The molecular weight excluding hydrogens is 668 g/mol. The molecule has 0 spiro atoms. The fourth-order valence-corrected chi connectivity index (χ4v) is 6.59. The molecule has 0 saturated heterocycles. The minimum absolute atomic E-state index is 0.0112. The topological polar surface area (TPSA) is 142 Å². The van der Waals surface area contributed by atoms with Gasteiger partial charge >= 0.3 is 11.9 Å². The fourth-order valence-electron chi connectivity index (χ4n) is 6.59. The molecular formula is C44H82N2O7. The highest BCUT2D eigenvalue weighted by Crippen LogP contribution is 2.19. The monoisotopic (exact) mass is 751 g/mol. The lowest BCUT2D eigenvalue weighted by Crippen LogP contribution is -2.47. The van der Waals surface area contributed by atoms with Gasteiger partial charge in [-0.25, -0.2) is 4.79 Å². The Morgan fingerprint density at radius 2 is 0.962 bits per heavy atom. The standard InChI is InChI=1S/C44H82N2O7/c1-3-5-7-9-11-13-15-17-19-21-23-28-32-36-43(50)53-39(33-29-25-22-20-18-16-14-12-10-8-6-4-2)34-30-26-24-27-31-35-41(48)45-37-42(49)46-40(38-47)44(51)52/h13,15,39-40,47H,3-12,14,16-38H2,1-2H3,(H,45,48)(H,46,49)(H,51,52)/b15-13-. The molecule has 0 aromatic rings. The van der Waals surface area contributed by atoms with Gasteiger partial charge in [0.2, 0.25) is 11.8 Å². The molecule has 0 fully saturated rings. The Balaban J connectivity index is 4.30. The van der Waals surface area contributed by atoms with E-state index in [-0.39, 0.29) is 24.5 Å². The number of rotatable bonds is 40. The molecule has 0 aromatic carbocycles. The number of ether oxygens (including phenoxy) is 1. The number of carboxylic acids is 1. The molecule has 0 bridgehead atoms. The summed E-state index contributed by atoms with van der Waals surface area (Å²) >= 11 is 0. The predicted octanol–water partition coefficient (Wildman–Crippen LogP) is 10.7. The first-order valence-corrected chi connectivity index (χ1v) is 22.1. The first-order valence-electron chi connectivity index (χ1n) is 22.1. The van der Waals surface area contributed by atoms with Crippen LogP contribution in [0.1, 0.15) is 219 Å². The van der Waals surface area contributed by atoms with Crippen LogP contribution in [0.3, 0.4) is 0 Å². The van der Waals surface area contributed by atoms with Gasteiger partial charge in [0.15, 0.2) is 0 Å². The van der Waals surface area contributed by atoms with Crippen molar-refractivity contribution in [3.05, 3.63) is 12.2 Å². The van der Waals surface area contributed by atoms with Gasteiger partial charge in [0.05, 0.1) is 13.2 Å². The van der Waals surface area contributed by atoms with Crippen LogP contribution in [0.15, 0.2) is 12.2 Å². The van der Waals surface area contributed by atoms with E-state index in [1.165, 1.54) is 122 Å². The van der Waals surface area contributed by atoms with Crippen molar-refractivity contribution in [1.29, 1.82) is 0 Å². The Morgan fingerprint density at radius 3 is 1.43 bits per heavy atom. The van der Waals surface area contributed by atoms with Crippen molar-refractivity contribution in [3.63, 3.8) is 0 Å². The molecule has 310 valence electrons. The molecule has 9 nitrogen and oxygen atoms in total. The van der Waals surface area contributed by atoms with Crippen LogP contribution in [0.2, 0.25) is 0 Å². The summed E-state index contributed by atoms with van der Waals surface area (Å²) in [6, 6.07) is -1.38. The van der Waals surface area contributed by atoms with E-state index in [0.29, 0.717) is 19.3 Å². The van der Waals surface area contributed by atoms with Crippen LogP contribution in [-0.4, -0.2) is 59.3 Å². The van der Waals surface area contributed by atoms with Crippen LogP contribution in [0.25, 0.3) is 0 Å². The lowest BCUT2D eigenvalue weighted by Gasteiger charge is -2.18. The lowest BCUT2D eigenvalue weighted by atomic mass is 10.0. The first-order chi connectivity index (χ1) is 25.8. The molecule has 53 heavy (non-hydrogen) atoms. The number of allylic oxidation sites excluding steroid dienone is 2. The van der Waals surface area contributed by atoms with Crippen molar-refractivity contribution < 1.29 is 34.1 Å². The number of aliphatic hydroxyl groups excluding tert-OH is 1. The molecule has 0 saturated carbocycles. The Morgan fingerprint density at radius 1 is 0.547 bits per heavy atom. The largest absolute Gasteiger partial charge is 0.480 e. The van der Waals surface area contributed by atoms with Crippen LogP contribution in [0.5, 0.6) is 0 Å². The molecule has 2 atom stereocenters. The zero-order chi connectivity index (χ0) is 39.0. The minimum atomic E-state index is -1.38. The third-order valence-electron chi connectivity index (χ3n) is 10.0. The number of carboxylic acid groups (broad SMARTS) is 1. The predicted molar refractivity (Wildman–Crippen MR) is 218 cm³/mol. The van der Waals surface area contributed by atoms with Crippen molar-refractivity contribution in [3.8, 4) is 0 Å². The summed E-state index contributed by atoms with van der Waals surface area (Å²) in [5, 5.41) is 22.6. The second-order valence-corrected chi connectivity index (χ2v) is 15.1. The van der Waals surface area contributed by atoms with E-state index in [9.17, 15) is 19.2 Å². The van der Waals surface area contributed by atoms with Gasteiger partial charge in [-0.1, -0.05) is 154 Å². The summed E-state index contributed by atoms with van der Waals surface area (Å²) in [5.74, 6) is -2.29. The summed E-state index contributed by atoms with van der Waals surface area (Å²) in [4.78, 5) is 47.5. The smallest absolute Gasteiger partial charge is 0.328 e. The summed E-state index contributed by atoms with van der Waals surface area (Å²) in [7, 11) is 0. The number of carbonyl (C=O) groups is 4. The molecule has 0 aliphatic carbocycles. The molecule has 0 aromatic heterocycles. The van der Waals surface area contributed by atoms with Crippen molar-refractivity contribution in [2.75, 3.05) is 13.2 Å². The van der Waals surface area contributed by atoms with E-state index >= 15 is 0 Å². The average Bonchev–Trinajstić information content (AvgIpc) is 3.14. The zero-order valence-electron chi connectivity index (χ0n) is 34.3. The minimum Gasteiger partial charge on any atom is -0.480 e. The molecule has 2 unspecified atom stereocenters. The number of esters is 1. The summed E-state index contributed by atoms with van der Waals surface area (Å²) < 4.78 is 6.03. The van der Waals surface area contributed by atoms with Gasteiger partial charge in [-0.15, -0.1) is 0 Å². The number of carbonyl (C=O) groups excluding carboxylic acids is 3. The van der Waals surface area contributed by atoms with Crippen LogP contribution < -0.4 is 10.6 Å². The average molecular weight is 751 g/mol. The van der Waals surface area contributed by atoms with Crippen molar-refractivity contribution in [1.82, 2.24) is 10.6 Å². The number of aliphatic carboxylic acids is 1. The number of nitrogens with one attached hydrogen (secondary N) is 2. The molecule has 4 N–H and O–H groups in total. The van der Waals surface area contributed by atoms with Crippen molar-refractivity contribution in [2.24, 2.45) is 0 Å². The molecule has 0 heterocycles. The van der Waals surface area contributed by atoms with Crippen LogP contribution in [0, 0.1) is 0 Å². The molecule has 0 rings (SSSR count). The molecule has 0 aliphatic rings. The Bertz CT molecular complexity index is 910. The Hall–Kier alpha value is -2.42. The second-order valence-electron chi connectivity index (χ2n) is 15.1. The fraction of sp³-hybridized carbons (Fsp3) is 0.864. The van der Waals surface area contributed by atoms with Gasteiger partial charge in [-0.2, -0.15) is 0 Å². The van der Waals surface area contributed by atoms with E-state index in [1.54, 1.807) is 0 Å². The molecule has 2 amide bonds. The lowest BCUT2D eigenvalue weighted by molar-refractivity contribution is -0.150. The Kier molecular flexibility index (Phi) is 37.5. The van der Waals surface area contributed by atoms with Gasteiger partial charge < -0.3 is 25.6 Å². The SMILES string of the molecule is CCCCCC/C=C\CCCCCCCC(=O)OC(CCCCCCCCCCCCCC)CCCCCCCC(=O)NCC(=O)NC(CO)C(=O)O. The van der Waals surface area contributed by atoms with Gasteiger partial charge in [-0.05, 0) is 64.2 Å². The van der Waals surface area contributed by atoms with Crippen LogP contribution in [0.4, 0.5) is 0 Å². The van der Waals surface area contributed by atoms with Gasteiger partial charge in [-0.3, -0.25) is 14.4 Å². The molecule has 9 heteroatoms. The third-order valence-corrected chi connectivity index (χ3v) is 10.0. The third kappa shape index (κ3) is 36.3. The second kappa shape index (κ2) is 39.3. The number of amides is 2. The van der Waals surface area contributed by atoms with E-state index in [1.807, 2.05) is 0 Å². The summed E-state index contributed by atoms with van der Waals surface area (Å²) in [6.45, 7) is 3.48. The zero-order valence-corrected chi connectivity index (χ0v) is 34.3. The first kappa shape index (κ1) is 50.6. The van der Waals surface area contributed by atoms with Crippen molar-refractivity contribution >= 4 is 23.8 Å². The number of hydrogen-bond donors (Lipinski definition) is 4. The van der Waals surface area contributed by atoms with Gasteiger partial charge in [0.1, 0.15) is 12.1 Å². The summed E-state index contributed by atoms with van der Waals surface area (Å²) in [5.41, 5.74) is 0. The maximum atomic E-state index is 12.8. The van der Waals surface area contributed by atoms with Gasteiger partial charge in [0, 0.05) is 12.8 Å². The quantitative estimate of drug-likeness (QED) is 0.0277. The highest BCUT2D eigenvalue weighted by molar-refractivity contribution is 5.87. The van der Waals surface area contributed by atoms with Crippen molar-refractivity contribution in [2.45, 2.75) is 231 Å². The number of hydrogen-bond acceptors (Lipinski definition) is 6. The Labute approximate surface area is 324 Å². The highest BCUT2D eigenvalue weighted by Gasteiger charge is 2.19. The van der Waals surface area contributed by atoms with E-state index in [4.69, 9.17) is 14.9 Å². The maximum absolute atomic E-state index is 12.8. The highest BCUT2D eigenvalue weighted by atomic mass is 16.5. The molecule has 0 aliphatic heterocycles. The normalized spacial score (nSPS) is 12.5. The van der Waals surface area contributed by atoms with E-state index in [2.05, 4.69) is 36.6 Å². The summed E-state index contributed by atoms with van der Waals surface area (Å²) in [6.07, 6.45) is 40.9. The van der Waals surface area contributed by atoms with Crippen LogP contribution in [-0.2, 0) is 23.9 Å². The van der Waals surface area contributed by atoms with Crippen LogP contribution >= 0.6 is 0 Å². The van der Waals surface area contributed by atoms with E-state index < -0.39 is 24.5 Å². The molecule has 0 radical (unpaired) electrons. The maximum Gasteiger partial charge on any atom is 0.328 e.